The molecule has 25 heavy (non-hydrogen) atoms. The van der Waals surface area contributed by atoms with E-state index in [1.807, 2.05) is 23.1 Å². The maximum atomic E-state index is 12.3. The summed E-state index contributed by atoms with van der Waals surface area (Å²) in [6, 6.07) is 11.0. The summed E-state index contributed by atoms with van der Waals surface area (Å²) in [5, 5.41) is 0.0720. The highest BCUT2D eigenvalue weighted by atomic mass is 35.5. The maximum absolute atomic E-state index is 12.3. The second-order valence-electron chi connectivity index (χ2n) is 5.50. The van der Waals surface area contributed by atoms with Crippen molar-refractivity contribution in [3.63, 3.8) is 0 Å². The van der Waals surface area contributed by atoms with Gasteiger partial charge in [0, 0.05) is 32.4 Å². The number of anilines is 1. The van der Waals surface area contributed by atoms with E-state index in [2.05, 4.69) is 9.71 Å². The Bertz CT molecular complexity index is 853. The molecule has 3 rings (SSSR count). The molecule has 2 amide bonds. The van der Waals surface area contributed by atoms with Crippen LogP contribution in [-0.4, -0.2) is 50.5 Å². The highest BCUT2D eigenvalue weighted by Crippen LogP contribution is 2.20. The molecule has 0 atom stereocenters. The third-order valence-corrected chi connectivity index (χ3v) is 5.71. The summed E-state index contributed by atoms with van der Waals surface area (Å²) < 4.78 is 26.7. The number of hydrogen-bond donors (Lipinski definition) is 1. The number of urea groups is 1. The largest absolute Gasteiger partial charge is 0.353 e. The Labute approximate surface area is 151 Å². The number of piperazine rings is 1. The van der Waals surface area contributed by atoms with Gasteiger partial charge in [0.2, 0.25) is 0 Å². The van der Waals surface area contributed by atoms with Gasteiger partial charge in [-0.25, -0.2) is 22.9 Å². The first kappa shape index (κ1) is 17.5. The summed E-state index contributed by atoms with van der Waals surface area (Å²) in [7, 11) is -4.00. The minimum absolute atomic E-state index is 0.0720. The van der Waals surface area contributed by atoms with Crippen molar-refractivity contribution in [2.45, 2.75) is 4.90 Å². The number of rotatable bonds is 3. The van der Waals surface area contributed by atoms with E-state index in [0.29, 0.717) is 26.2 Å². The van der Waals surface area contributed by atoms with Gasteiger partial charge in [0.25, 0.3) is 10.0 Å². The van der Waals surface area contributed by atoms with Gasteiger partial charge in [0.05, 0.1) is 5.02 Å². The maximum Gasteiger partial charge on any atom is 0.331 e. The van der Waals surface area contributed by atoms with E-state index in [1.165, 1.54) is 17.0 Å². The van der Waals surface area contributed by atoms with E-state index in [1.54, 1.807) is 18.3 Å². The Morgan fingerprint density at radius 1 is 1.04 bits per heavy atom. The summed E-state index contributed by atoms with van der Waals surface area (Å²) in [5.41, 5.74) is 0. The SMILES string of the molecule is O=C(NS(=O)(=O)c1ccccc1Cl)N1CCN(c2ccccn2)CC1. The monoisotopic (exact) mass is 380 g/mol. The van der Waals surface area contributed by atoms with Crippen molar-refractivity contribution >= 4 is 33.5 Å². The number of halogens is 1. The van der Waals surface area contributed by atoms with Gasteiger partial charge < -0.3 is 9.80 Å². The number of hydrogen-bond acceptors (Lipinski definition) is 5. The van der Waals surface area contributed by atoms with Crippen LogP contribution in [-0.2, 0) is 10.0 Å². The lowest BCUT2D eigenvalue weighted by Gasteiger charge is -2.35. The van der Waals surface area contributed by atoms with Crippen LogP contribution in [0.3, 0.4) is 0 Å². The van der Waals surface area contributed by atoms with Crippen molar-refractivity contribution < 1.29 is 13.2 Å². The second-order valence-corrected chi connectivity index (χ2v) is 7.56. The second kappa shape index (κ2) is 7.28. The number of carbonyl (C=O) groups is 1. The molecule has 0 bridgehead atoms. The molecule has 1 aliphatic rings. The molecule has 0 radical (unpaired) electrons. The van der Waals surface area contributed by atoms with Gasteiger partial charge in [0.15, 0.2) is 0 Å². The van der Waals surface area contributed by atoms with Crippen molar-refractivity contribution in [3.05, 3.63) is 53.7 Å². The van der Waals surface area contributed by atoms with E-state index in [0.717, 1.165) is 5.82 Å². The molecule has 1 aromatic heterocycles. The summed E-state index contributed by atoms with van der Waals surface area (Å²) in [6.45, 7) is 1.97. The molecule has 2 heterocycles. The van der Waals surface area contributed by atoms with Crippen LogP contribution in [0.4, 0.5) is 10.6 Å². The zero-order valence-electron chi connectivity index (χ0n) is 13.3. The first-order valence-electron chi connectivity index (χ1n) is 7.69. The van der Waals surface area contributed by atoms with Gasteiger partial charge in [-0.2, -0.15) is 0 Å². The van der Waals surface area contributed by atoms with Crippen LogP contribution in [0.2, 0.25) is 5.02 Å². The number of carbonyl (C=O) groups excluding carboxylic acids is 1. The van der Waals surface area contributed by atoms with Crippen molar-refractivity contribution in [3.8, 4) is 0 Å². The van der Waals surface area contributed by atoms with Gasteiger partial charge in [-0.15, -0.1) is 0 Å². The Morgan fingerprint density at radius 3 is 2.36 bits per heavy atom. The van der Waals surface area contributed by atoms with Crippen LogP contribution in [0.1, 0.15) is 0 Å². The lowest BCUT2D eigenvalue weighted by Crippen LogP contribution is -2.52. The van der Waals surface area contributed by atoms with Crippen molar-refractivity contribution in [1.29, 1.82) is 0 Å². The fourth-order valence-electron chi connectivity index (χ4n) is 2.58. The highest BCUT2D eigenvalue weighted by molar-refractivity contribution is 7.90. The Hall–Kier alpha value is -2.32. The minimum Gasteiger partial charge on any atom is -0.353 e. The first-order chi connectivity index (χ1) is 12.0. The van der Waals surface area contributed by atoms with E-state index >= 15 is 0 Å². The fraction of sp³-hybridized carbons (Fsp3) is 0.250. The number of amides is 2. The Balaban J connectivity index is 1.62. The number of pyridine rings is 1. The molecule has 132 valence electrons. The van der Waals surface area contributed by atoms with Crippen LogP contribution in [0.5, 0.6) is 0 Å². The van der Waals surface area contributed by atoms with Gasteiger partial charge in [-0.3, -0.25) is 0 Å². The Morgan fingerprint density at radius 2 is 1.72 bits per heavy atom. The van der Waals surface area contributed by atoms with Crippen LogP contribution >= 0.6 is 11.6 Å². The van der Waals surface area contributed by atoms with Crippen LogP contribution < -0.4 is 9.62 Å². The topological polar surface area (TPSA) is 82.6 Å². The molecule has 1 aliphatic heterocycles. The van der Waals surface area contributed by atoms with Crippen LogP contribution in [0.15, 0.2) is 53.6 Å². The average Bonchev–Trinajstić information content (AvgIpc) is 2.62. The number of benzene rings is 1. The molecule has 0 saturated carbocycles. The van der Waals surface area contributed by atoms with Crippen molar-refractivity contribution in [2.24, 2.45) is 0 Å². The molecule has 1 aromatic carbocycles. The molecule has 1 saturated heterocycles. The first-order valence-corrected chi connectivity index (χ1v) is 9.56. The zero-order chi connectivity index (χ0) is 17.9. The lowest BCUT2D eigenvalue weighted by atomic mass is 10.3. The normalized spacial score (nSPS) is 15.1. The predicted octanol–water partition coefficient (Wildman–Crippen LogP) is 1.96. The molecule has 2 aromatic rings. The number of nitrogens with one attached hydrogen (secondary N) is 1. The van der Waals surface area contributed by atoms with Crippen molar-refractivity contribution in [1.82, 2.24) is 14.6 Å². The Kier molecular flexibility index (Phi) is 5.10. The van der Waals surface area contributed by atoms with Crippen LogP contribution in [0.25, 0.3) is 0 Å². The molecule has 1 N–H and O–H groups in total. The molecular formula is C16H17ClN4O3S. The van der Waals surface area contributed by atoms with E-state index < -0.39 is 16.1 Å². The molecule has 1 fully saturated rings. The highest BCUT2D eigenvalue weighted by Gasteiger charge is 2.26. The molecular weight excluding hydrogens is 364 g/mol. The molecule has 7 nitrogen and oxygen atoms in total. The van der Waals surface area contributed by atoms with E-state index in [9.17, 15) is 13.2 Å². The third kappa shape index (κ3) is 4.02. The van der Waals surface area contributed by atoms with Gasteiger partial charge in [0.1, 0.15) is 10.7 Å². The molecule has 0 aliphatic carbocycles. The fourth-order valence-corrected chi connectivity index (χ4v) is 4.07. The lowest BCUT2D eigenvalue weighted by molar-refractivity contribution is 0.200. The number of sulfonamides is 1. The summed E-state index contributed by atoms with van der Waals surface area (Å²) in [5.74, 6) is 0.839. The predicted molar refractivity (Wildman–Crippen MR) is 95.2 cm³/mol. The standard InChI is InChI=1S/C16H17ClN4O3S/c17-13-5-1-2-6-14(13)25(23,24)19-16(22)21-11-9-20(10-12-21)15-7-3-4-8-18-15/h1-8H,9-12H2,(H,19,22). The van der Waals surface area contributed by atoms with Gasteiger partial charge in [-0.1, -0.05) is 29.8 Å². The summed E-state index contributed by atoms with van der Waals surface area (Å²) >= 11 is 5.91. The minimum atomic E-state index is -4.00. The van der Waals surface area contributed by atoms with Gasteiger partial charge in [-0.05, 0) is 24.3 Å². The average molecular weight is 381 g/mol. The van der Waals surface area contributed by atoms with E-state index in [4.69, 9.17) is 11.6 Å². The molecule has 0 spiro atoms. The van der Waals surface area contributed by atoms with Crippen LogP contribution in [0, 0.1) is 0 Å². The van der Waals surface area contributed by atoms with Crippen molar-refractivity contribution in [2.75, 3.05) is 31.1 Å². The number of aromatic nitrogens is 1. The molecule has 9 heteroatoms. The quantitative estimate of drug-likeness (QED) is 0.880. The summed E-state index contributed by atoms with van der Waals surface area (Å²) in [6.07, 6.45) is 1.71. The third-order valence-electron chi connectivity index (χ3n) is 3.89. The summed E-state index contributed by atoms with van der Waals surface area (Å²) in [4.78, 5) is 20.0. The number of nitrogens with zero attached hydrogens (tertiary/aromatic N) is 3. The van der Waals surface area contributed by atoms with E-state index in [-0.39, 0.29) is 9.92 Å². The zero-order valence-corrected chi connectivity index (χ0v) is 14.9. The molecule has 0 unspecified atom stereocenters. The smallest absolute Gasteiger partial charge is 0.331 e. The van der Waals surface area contributed by atoms with Gasteiger partial charge >= 0.3 is 6.03 Å².